The van der Waals surface area contributed by atoms with Gasteiger partial charge in [-0.1, -0.05) is 273 Å². The third-order valence-corrected chi connectivity index (χ3v) is 16.9. The lowest BCUT2D eigenvalue weighted by Gasteiger charge is -2.21. The van der Waals surface area contributed by atoms with Gasteiger partial charge in [0, 0.05) is 25.7 Å². The maximum absolute atomic E-state index is 13.0. The number of aliphatic hydroxyl groups excluding tert-OH is 1. The van der Waals surface area contributed by atoms with E-state index in [1.165, 1.54) is 128 Å². The molecule has 84 heavy (non-hydrogen) atoms. The van der Waals surface area contributed by atoms with E-state index >= 15 is 0 Å². The zero-order chi connectivity index (χ0) is 62.2. The number of ether oxygens (including phenoxy) is 4. The summed E-state index contributed by atoms with van der Waals surface area (Å²) in [6.07, 6.45) is 40.6. The molecule has 0 aromatic carbocycles. The van der Waals surface area contributed by atoms with Gasteiger partial charge in [0.1, 0.15) is 19.3 Å². The number of hydrogen-bond acceptors (Lipinski definition) is 15. The van der Waals surface area contributed by atoms with E-state index in [9.17, 15) is 43.2 Å². The summed E-state index contributed by atoms with van der Waals surface area (Å²) in [5.41, 5.74) is 0. The van der Waals surface area contributed by atoms with Gasteiger partial charge in [-0.3, -0.25) is 37.3 Å². The van der Waals surface area contributed by atoms with Gasteiger partial charge in [-0.05, 0) is 37.5 Å². The second kappa shape index (κ2) is 57.5. The maximum Gasteiger partial charge on any atom is 0.472 e. The molecule has 0 aromatic heterocycles. The molecule has 498 valence electrons. The highest BCUT2D eigenvalue weighted by Gasteiger charge is 2.30. The summed E-state index contributed by atoms with van der Waals surface area (Å²) in [4.78, 5) is 72.1. The second-order valence-electron chi connectivity index (χ2n) is 24.5. The van der Waals surface area contributed by atoms with Crippen molar-refractivity contribution in [2.24, 2.45) is 11.8 Å². The molecule has 5 atom stereocenters. The molecule has 0 aromatic rings. The summed E-state index contributed by atoms with van der Waals surface area (Å²) in [5, 5.41) is 10.5. The number of phosphoric acid groups is 2. The van der Waals surface area contributed by atoms with Crippen molar-refractivity contribution in [2.75, 3.05) is 39.6 Å². The number of carbonyl (C=O) groups is 4. The van der Waals surface area contributed by atoms with Gasteiger partial charge in [-0.2, -0.15) is 0 Å². The van der Waals surface area contributed by atoms with Gasteiger partial charge in [0.25, 0.3) is 0 Å². The predicted octanol–water partition coefficient (Wildman–Crippen LogP) is 18.0. The molecule has 0 bridgehead atoms. The average molecular weight is 1240 g/mol. The Morgan fingerprint density at radius 2 is 0.548 bits per heavy atom. The van der Waals surface area contributed by atoms with Gasteiger partial charge >= 0.3 is 39.5 Å². The van der Waals surface area contributed by atoms with E-state index < -0.39 is 97.5 Å². The van der Waals surface area contributed by atoms with E-state index in [2.05, 4.69) is 41.5 Å². The van der Waals surface area contributed by atoms with Crippen LogP contribution < -0.4 is 0 Å². The number of carbonyl (C=O) groups excluding carboxylic acids is 4. The summed E-state index contributed by atoms with van der Waals surface area (Å²) in [6, 6.07) is 0. The Morgan fingerprint density at radius 1 is 0.321 bits per heavy atom. The first-order valence-electron chi connectivity index (χ1n) is 34.0. The predicted molar refractivity (Wildman–Crippen MR) is 335 cm³/mol. The molecule has 2 unspecified atom stereocenters. The fourth-order valence-electron chi connectivity index (χ4n) is 9.71. The Bertz CT molecular complexity index is 1650. The van der Waals surface area contributed by atoms with Crippen LogP contribution in [0.15, 0.2) is 0 Å². The van der Waals surface area contributed by atoms with Crippen molar-refractivity contribution in [3.8, 4) is 0 Å². The van der Waals surface area contributed by atoms with Gasteiger partial charge in [0.05, 0.1) is 26.4 Å². The Labute approximate surface area is 511 Å². The van der Waals surface area contributed by atoms with Crippen LogP contribution in [0.1, 0.15) is 324 Å². The van der Waals surface area contributed by atoms with E-state index in [-0.39, 0.29) is 25.7 Å². The van der Waals surface area contributed by atoms with Gasteiger partial charge in [-0.15, -0.1) is 0 Å². The van der Waals surface area contributed by atoms with Gasteiger partial charge < -0.3 is 33.8 Å². The van der Waals surface area contributed by atoms with Crippen LogP contribution in [0.3, 0.4) is 0 Å². The lowest BCUT2D eigenvalue weighted by Crippen LogP contribution is -2.30. The number of phosphoric ester groups is 2. The van der Waals surface area contributed by atoms with Crippen molar-refractivity contribution in [1.82, 2.24) is 0 Å². The van der Waals surface area contributed by atoms with Crippen molar-refractivity contribution < 1.29 is 80.2 Å². The quantitative estimate of drug-likeness (QED) is 0.0222. The first kappa shape index (κ1) is 82.1. The average Bonchev–Trinajstić information content (AvgIpc) is 3.58. The van der Waals surface area contributed by atoms with Crippen molar-refractivity contribution in [2.45, 2.75) is 342 Å². The van der Waals surface area contributed by atoms with Crippen molar-refractivity contribution in [3.63, 3.8) is 0 Å². The molecule has 19 heteroatoms. The molecule has 17 nitrogen and oxygen atoms in total. The number of unbranched alkanes of at least 4 members (excludes halogenated alkanes) is 34. The number of aliphatic hydroxyl groups is 1. The van der Waals surface area contributed by atoms with Gasteiger partial charge in [-0.25, -0.2) is 9.13 Å². The molecule has 0 aliphatic rings. The maximum atomic E-state index is 13.0. The summed E-state index contributed by atoms with van der Waals surface area (Å²) in [7, 11) is -9.88. The Morgan fingerprint density at radius 3 is 0.810 bits per heavy atom. The van der Waals surface area contributed by atoms with E-state index in [4.69, 9.17) is 37.0 Å². The third-order valence-electron chi connectivity index (χ3n) is 15.0. The first-order chi connectivity index (χ1) is 40.4. The lowest BCUT2D eigenvalue weighted by atomic mass is 10.0. The van der Waals surface area contributed by atoms with Crippen LogP contribution in [-0.4, -0.2) is 96.7 Å². The van der Waals surface area contributed by atoms with Crippen molar-refractivity contribution in [1.29, 1.82) is 0 Å². The fraction of sp³-hybridized carbons (Fsp3) is 0.938. The standard InChI is InChI=1S/C65H126O17P2/c1-7-9-11-13-15-16-17-18-19-20-21-22-23-31-37-43-49-64(69)81-61(54-76-63(68)48-42-36-30-25-24-28-33-39-45-57(3)4)56-80-84(73,74)78-52-59(66)51-77-83(71,72)79-55-60(53-75-62(67)47-41-35-27-14-12-10-8-2)82-65(70)50-44-38-32-26-29-34-40-46-58(5)6/h57-61,66H,7-56H2,1-6H3,(H,71,72)(H,73,74)/t59-,60+,61+/m0/s1. The normalized spacial score (nSPS) is 14.3. The molecule has 0 aliphatic heterocycles. The highest BCUT2D eigenvalue weighted by atomic mass is 31.2. The molecule has 0 spiro atoms. The smallest absolute Gasteiger partial charge is 0.462 e. The number of rotatable bonds is 64. The molecule has 0 rings (SSSR count). The zero-order valence-corrected chi connectivity index (χ0v) is 56.0. The van der Waals surface area contributed by atoms with Crippen LogP contribution in [0.5, 0.6) is 0 Å². The van der Waals surface area contributed by atoms with Crippen LogP contribution in [-0.2, 0) is 65.4 Å². The Balaban J connectivity index is 5.20. The van der Waals surface area contributed by atoms with Crippen LogP contribution >= 0.6 is 15.6 Å². The molecule has 0 radical (unpaired) electrons. The highest BCUT2D eigenvalue weighted by Crippen LogP contribution is 2.45. The van der Waals surface area contributed by atoms with E-state index in [0.29, 0.717) is 31.6 Å². The van der Waals surface area contributed by atoms with Crippen molar-refractivity contribution in [3.05, 3.63) is 0 Å². The molecular weight excluding hydrogens is 1110 g/mol. The van der Waals surface area contributed by atoms with Gasteiger partial charge in [0.15, 0.2) is 12.2 Å². The molecular formula is C65H126O17P2. The van der Waals surface area contributed by atoms with E-state index in [0.717, 1.165) is 109 Å². The SMILES string of the molecule is CCCCCCCCCCCCCCCCCCC(=O)O[C@H](COC(=O)CCCCCCCCCCC(C)C)COP(=O)(O)OC[C@@H](O)COP(=O)(O)OC[C@@H](COC(=O)CCCCCCCCC)OC(=O)CCCCCCCCCC(C)C. The molecule has 0 saturated heterocycles. The van der Waals surface area contributed by atoms with Crippen LogP contribution in [0.2, 0.25) is 0 Å². The molecule has 0 heterocycles. The molecule has 0 aliphatic carbocycles. The van der Waals surface area contributed by atoms with E-state index in [1.54, 1.807) is 0 Å². The van der Waals surface area contributed by atoms with Crippen LogP contribution in [0.25, 0.3) is 0 Å². The van der Waals surface area contributed by atoms with E-state index in [1.807, 2.05) is 0 Å². The topological polar surface area (TPSA) is 237 Å². The molecule has 0 fully saturated rings. The minimum atomic E-state index is -4.95. The third kappa shape index (κ3) is 59.0. The van der Waals surface area contributed by atoms with Crippen LogP contribution in [0.4, 0.5) is 0 Å². The largest absolute Gasteiger partial charge is 0.472 e. The first-order valence-corrected chi connectivity index (χ1v) is 37.0. The van der Waals surface area contributed by atoms with Crippen LogP contribution in [0, 0.1) is 11.8 Å². The zero-order valence-electron chi connectivity index (χ0n) is 54.2. The number of hydrogen-bond donors (Lipinski definition) is 3. The second-order valence-corrected chi connectivity index (χ2v) is 27.4. The highest BCUT2D eigenvalue weighted by molar-refractivity contribution is 7.47. The summed E-state index contributed by atoms with van der Waals surface area (Å²) >= 11 is 0. The molecule has 3 N–H and O–H groups in total. The van der Waals surface area contributed by atoms with Gasteiger partial charge in [0.2, 0.25) is 0 Å². The Hall–Kier alpha value is -1.94. The fourth-order valence-corrected chi connectivity index (χ4v) is 11.3. The molecule has 0 amide bonds. The monoisotopic (exact) mass is 1240 g/mol. The van der Waals surface area contributed by atoms with Crippen molar-refractivity contribution >= 4 is 39.5 Å². The number of esters is 4. The Kier molecular flexibility index (Phi) is 56.2. The molecule has 0 saturated carbocycles. The summed E-state index contributed by atoms with van der Waals surface area (Å²) < 4.78 is 67.9. The summed E-state index contributed by atoms with van der Waals surface area (Å²) in [6.45, 7) is 9.37. The summed E-state index contributed by atoms with van der Waals surface area (Å²) in [5.74, 6) is -0.716. The minimum absolute atomic E-state index is 0.103. The minimum Gasteiger partial charge on any atom is -0.462 e. The lowest BCUT2D eigenvalue weighted by molar-refractivity contribution is -0.161.